The summed E-state index contributed by atoms with van der Waals surface area (Å²) in [5.74, 6) is 0.132. The van der Waals surface area contributed by atoms with Gasteiger partial charge in [-0.2, -0.15) is 5.10 Å². The smallest absolute Gasteiger partial charge is 0.170 e. The second-order valence-corrected chi connectivity index (χ2v) is 10.9. The van der Waals surface area contributed by atoms with Crippen molar-refractivity contribution in [3.8, 4) is 5.69 Å². The molecular weight excluding hydrogens is 438 g/mol. The zero-order valence-corrected chi connectivity index (χ0v) is 21.2. The quantitative estimate of drug-likeness (QED) is 0.445. The van der Waals surface area contributed by atoms with Crippen molar-refractivity contribution in [2.24, 2.45) is 0 Å². The standard InChI is InChI=1S/C29H35N3O3/c1-20-25(19-31-32(20)24-8-6-23(7-9-24)28(2,3)4)27(33)17-21-5-10-26(30-18-21)22-11-13-29(14-12-22)34-15-16-35-29/h5-10,18-19,22H,11-17H2,1-4H3. The summed E-state index contributed by atoms with van der Waals surface area (Å²) in [4.78, 5) is 17.8. The van der Waals surface area contributed by atoms with Crippen LogP contribution in [0.2, 0.25) is 0 Å². The number of carbonyl (C=O) groups excluding carboxylic acids is 1. The Kier molecular flexibility index (Phi) is 6.36. The predicted octanol–water partition coefficient (Wildman–Crippen LogP) is 5.70. The van der Waals surface area contributed by atoms with Gasteiger partial charge in [-0.25, -0.2) is 4.68 Å². The predicted molar refractivity (Wildman–Crippen MR) is 135 cm³/mol. The zero-order chi connectivity index (χ0) is 24.6. The average molecular weight is 474 g/mol. The van der Waals surface area contributed by atoms with Gasteiger partial charge in [0.15, 0.2) is 11.6 Å². The van der Waals surface area contributed by atoms with E-state index in [2.05, 4.69) is 56.2 Å². The van der Waals surface area contributed by atoms with E-state index in [0.29, 0.717) is 31.1 Å². The van der Waals surface area contributed by atoms with Crippen molar-refractivity contribution in [3.63, 3.8) is 0 Å². The fourth-order valence-electron chi connectivity index (χ4n) is 5.25. The molecule has 2 fully saturated rings. The van der Waals surface area contributed by atoms with Crippen LogP contribution >= 0.6 is 0 Å². The van der Waals surface area contributed by atoms with E-state index < -0.39 is 0 Å². The van der Waals surface area contributed by atoms with Crippen molar-refractivity contribution in [2.75, 3.05) is 13.2 Å². The number of aromatic nitrogens is 3. The van der Waals surface area contributed by atoms with E-state index in [1.165, 1.54) is 5.56 Å². The molecule has 1 aromatic carbocycles. The van der Waals surface area contributed by atoms with Crippen molar-refractivity contribution >= 4 is 5.78 Å². The number of carbonyl (C=O) groups is 1. The van der Waals surface area contributed by atoms with E-state index in [-0.39, 0.29) is 17.0 Å². The third-order valence-electron chi connectivity index (χ3n) is 7.48. The van der Waals surface area contributed by atoms with Crippen LogP contribution < -0.4 is 0 Å². The molecule has 0 atom stereocenters. The van der Waals surface area contributed by atoms with Crippen LogP contribution in [0, 0.1) is 6.92 Å². The van der Waals surface area contributed by atoms with Gasteiger partial charge in [-0.05, 0) is 54.5 Å². The number of hydrogen-bond acceptors (Lipinski definition) is 5. The molecule has 1 saturated carbocycles. The minimum absolute atomic E-state index is 0.0600. The lowest BCUT2D eigenvalue weighted by Gasteiger charge is -2.35. The second kappa shape index (κ2) is 9.32. The lowest BCUT2D eigenvalue weighted by atomic mass is 9.83. The van der Waals surface area contributed by atoms with Crippen LogP contribution in [0.5, 0.6) is 0 Å². The van der Waals surface area contributed by atoms with Crippen LogP contribution in [-0.2, 0) is 21.3 Å². The number of pyridine rings is 1. The number of hydrogen-bond donors (Lipinski definition) is 0. The first kappa shape index (κ1) is 23.9. The Hall–Kier alpha value is -2.83. The SMILES string of the molecule is Cc1c(C(=O)Cc2ccc(C3CCC4(CC3)OCCO4)nc2)cnn1-c1ccc(C(C)(C)C)cc1. The highest BCUT2D eigenvalue weighted by Gasteiger charge is 2.40. The van der Waals surface area contributed by atoms with Crippen LogP contribution in [0.4, 0.5) is 0 Å². The molecular formula is C29H35N3O3. The van der Waals surface area contributed by atoms with E-state index in [1.807, 2.05) is 23.9 Å². The van der Waals surface area contributed by atoms with Crippen molar-refractivity contribution < 1.29 is 14.3 Å². The number of Topliss-reactive ketones (excluding diaryl/α,β-unsaturated/α-hetero) is 1. The van der Waals surface area contributed by atoms with Crippen LogP contribution in [0.1, 0.15) is 85.2 Å². The lowest BCUT2D eigenvalue weighted by Crippen LogP contribution is -2.34. The average Bonchev–Trinajstić information content (AvgIpc) is 3.46. The van der Waals surface area contributed by atoms with Crippen molar-refractivity contribution in [1.82, 2.24) is 14.8 Å². The van der Waals surface area contributed by atoms with E-state index in [0.717, 1.165) is 48.3 Å². The fraction of sp³-hybridized carbons (Fsp3) is 0.483. The number of nitrogens with zero attached hydrogens (tertiary/aromatic N) is 3. The van der Waals surface area contributed by atoms with Gasteiger partial charge >= 0.3 is 0 Å². The molecule has 0 N–H and O–H groups in total. The number of ether oxygens (including phenoxy) is 2. The molecule has 35 heavy (non-hydrogen) atoms. The molecule has 1 saturated heterocycles. The number of rotatable bonds is 5. The van der Waals surface area contributed by atoms with Gasteiger partial charge < -0.3 is 9.47 Å². The molecule has 1 spiro atoms. The third kappa shape index (κ3) is 4.95. The lowest BCUT2D eigenvalue weighted by molar-refractivity contribution is -0.178. The molecule has 6 nitrogen and oxygen atoms in total. The summed E-state index contributed by atoms with van der Waals surface area (Å²) in [6, 6.07) is 12.5. The van der Waals surface area contributed by atoms with E-state index in [1.54, 1.807) is 6.20 Å². The molecule has 2 aromatic heterocycles. The first-order valence-electron chi connectivity index (χ1n) is 12.7. The Morgan fingerprint density at radius 1 is 1.03 bits per heavy atom. The normalized spacial score (nSPS) is 18.3. The minimum atomic E-state index is -0.347. The van der Waals surface area contributed by atoms with E-state index in [4.69, 9.17) is 14.5 Å². The Balaban J connectivity index is 1.23. The van der Waals surface area contributed by atoms with Gasteiger partial charge in [0.1, 0.15) is 0 Å². The highest BCUT2D eigenvalue weighted by atomic mass is 16.7. The summed E-state index contributed by atoms with van der Waals surface area (Å²) in [7, 11) is 0. The zero-order valence-electron chi connectivity index (χ0n) is 21.2. The Morgan fingerprint density at radius 2 is 1.71 bits per heavy atom. The summed E-state index contributed by atoms with van der Waals surface area (Å²) < 4.78 is 13.5. The Labute approximate surface area is 207 Å². The van der Waals surface area contributed by atoms with Crippen molar-refractivity contribution in [2.45, 2.75) is 76.9 Å². The second-order valence-electron chi connectivity index (χ2n) is 10.9. The maximum Gasteiger partial charge on any atom is 0.170 e. The Bertz CT molecular complexity index is 1170. The van der Waals surface area contributed by atoms with Gasteiger partial charge in [0, 0.05) is 37.1 Å². The summed E-state index contributed by atoms with van der Waals surface area (Å²) >= 11 is 0. The van der Waals surface area contributed by atoms with Gasteiger partial charge in [-0.1, -0.05) is 39.0 Å². The summed E-state index contributed by atoms with van der Waals surface area (Å²) in [5, 5.41) is 4.51. The maximum atomic E-state index is 13.1. The van der Waals surface area contributed by atoms with Gasteiger partial charge in [0.2, 0.25) is 0 Å². The molecule has 1 aliphatic heterocycles. The monoisotopic (exact) mass is 473 g/mol. The first-order valence-corrected chi connectivity index (χ1v) is 12.7. The molecule has 2 aliphatic rings. The summed E-state index contributed by atoms with van der Waals surface area (Å²) in [5.41, 5.74) is 5.86. The molecule has 0 bridgehead atoms. The van der Waals surface area contributed by atoms with Gasteiger partial charge in [-0.3, -0.25) is 9.78 Å². The number of benzene rings is 1. The number of ketones is 1. The molecule has 0 unspecified atom stereocenters. The summed E-state index contributed by atoms with van der Waals surface area (Å²) in [6.07, 6.45) is 7.72. The molecule has 0 amide bonds. The fourth-order valence-corrected chi connectivity index (χ4v) is 5.25. The van der Waals surface area contributed by atoms with Gasteiger partial charge in [-0.15, -0.1) is 0 Å². The highest BCUT2D eigenvalue weighted by molar-refractivity contribution is 5.98. The largest absolute Gasteiger partial charge is 0.348 e. The third-order valence-corrected chi connectivity index (χ3v) is 7.48. The minimum Gasteiger partial charge on any atom is -0.348 e. The van der Waals surface area contributed by atoms with Crippen molar-refractivity contribution in [3.05, 3.63) is 76.9 Å². The van der Waals surface area contributed by atoms with Crippen LogP contribution in [0.25, 0.3) is 5.69 Å². The molecule has 3 heterocycles. The first-order chi connectivity index (χ1) is 16.7. The Morgan fingerprint density at radius 3 is 2.31 bits per heavy atom. The molecule has 0 radical (unpaired) electrons. The molecule has 1 aliphatic carbocycles. The highest BCUT2D eigenvalue weighted by Crippen LogP contribution is 2.41. The van der Waals surface area contributed by atoms with Gasteiger partial charge in [0.25, 0.3) is 0 Å². The van der Waals surface area contributed by atoms with Crippen LogP contribution in [0.15, 0.2) is 48.8 Å². The molecule has 184 valence electrons. The molecule has 3 aromatic rings. The van der Waals surface area contributed by atoms with Crippen LogP contribution in [-0.4, -0.2) is 39.5 Å². The van der Waals surface area contributed by atoms with Crippen LogP contribution in [0.3, 0.4) is 0 Å². The summed E-state index contributed by atoms with van der Waals surface area (Å²) in [6.45, 7) is 9.95. The van der Waals surface area contributed by atoms with Gasteiger partial charge in [0.05, 0.1) is 36.4 Å². The topological polar surface area (TPSA) is 66.2 Å². The van der Waals surface area contributed by atoms with E-state index >= 15 is 0 Å². The molecule has 5 rings (SSSR count). The molecule has 6 heteroatoms. The van der Waals surface area contributed by atoms with E-state index in [9.17, 15) is 4.79 Å². The maximum absolute atomic E-state index is 13.1. The van der Waals surface area contributed by atoms with Crippen molar-refractivity contribution in [1.29, 1.82) is 0 Å².